The summed E-state index contributed by atoms with van der Waals surface area (Å²) in [6.45, 7) is 1.32. The van der Waals surface area contributed by atoms with Gasteiger partial charge in [0.25, 0.3) is 0 Å². The maximum Gasteiger partial charge on any atom is 0.123 e. The molecule has 0 saturated heterocycles. The molecule has 2 rings (SSSR count). The molecule has 0 aromatic heterocycles. The predicted octanol–water partition coefficient (Wildman–Crippen LogP) is 2.24. The molecule has 0 fully saturated rings. The summed E-state index contributed by atoms with van der Waals surface area (Å²) in [7, 11) is 0. The summed E-state index contributed by atoms with van der Waals surface area (Å²) in [5.41, 5.74) is 2.20. The summed E-state index contributed by atoms with van der Waals surface area (Å²) in [5.74, 6) is -0.196. The molecule has 62 valence electrons. The first-order chi connectivity index (χ1) is 5.86. The second kappa shape index (κ2) is 3.07. The van der Waals surface area contributed by atoms with Gasteiger partial charge < -0.3 is 4.74 Å². The van der Waals surface area contributed by atoms with Crippen LogP contribution in [0, 0.1) is 5.82 Å². The van der Waals surface area contributed by atoms with E-state index in [1.165, 1.54) is 12.1 Å². The van der Waals surface area contributed by atoms with Crippen molar-refractivity contribution >= 4 is 5.57 Å². The van der Waals surface area contributed by atoms with Crippen molar-refractivity contribution in [3.05, 3.63) is 41.7 Å². The van der Waals surface area contributed by atoms with Crippen molar-refractivity contribution in [1.29, 1.82) is 0 Å². The maximum atomic E-state index is 12.5. The van der Waals surface area contributed by atoms with Crippen LogP contribution in [-0.4, -0.2) is 13.2 Å². The lowest BCUT2D eigenvalue weighted by Gasteiger charge is -1.99. The molecule has 2 heteroatoms. The standard InChI is InChI=1S/C10H9FO/c11-10-3-1-8(2-4-10)9-5-6-12-7-9/h1-5H,6-7H2. The highest BCUT2D eigenvalue weighted by molar-refractivity contribution is 5.67. The summed E-state index contributed by atoms with van der Waals surface area (Å²) in [4.78, 5) is 0. The zero-order chi connectivity index (χ0) is 8.39. The molecular formula is C10H9FO. The smallest absolute Gasteiger partial charge is 0.123 e. The highest BCUT2D eigenvalue weighted by Gasteiger charge is 2.06. The number of hydrogen-bond acceptors (Lipinski definition) is 1. The fraction of sp³-hybridized carbons (Fsp3) is 0.200. The molecule has 0 atom stereocenters. The van der Waals surface area contributed by atoms with Gasteiger partial charge in [0.05, 0.1) is 13.2 Å². The highest BCUT2D eigenvalue weighted by atomic mass is 19.1. The van der Waals surface area contributed by atoms with Crippen LogP contribution in [-0.2, 0) is 4.74 Å². The third kappa shape index (κ3) is 1.38. The number of rotatable bonds is 1. The zero-order valence-corrected chi connectivity index (χ0v) is 6.59. The molecule has 1 aromatic carbocycles. The molecule has 1 nitrogen and oxygen atoms in total. The molecule has 1 aliphatic rings. The van der Waals surface area contributed by atoms with Gasteiger partial charge >= 0.3 is 0 Å². The number of ether oxygens (including phenoxy) is 1. The van der Waals surface area contributed by atoms with Crippen molar-refractivity contribution in [2.45, 2.75) is 0 Å². The van der Waals surface area contributed by atoms with Crippen molar-refractivity contribution in [3.63, 3.8) is 0 Å². The molecule has 0 amide bonds. The van der Waals surface area contributed by atoms with E-state index in [2.05, 4.69) is 0 Å². The van der Waals surface area contributed by atoms with E-state index in [0.717, 1.165) is 11.1 Å². The lowest BCUT2D eigenvalue weighted by Crippen LogP contribution is -1.87. The van der Waals surface area contributed by atoms with Crippen LogP contribution >= 0.6 is 0 Å². The summed E-state index contributed by atoms with van der Waals surface area (Å²) in [5, 5.41) is 0. The van der Waals surface area contributed by atoms with Gasteiger partial charge in [-0.05, 0) is 23.3 Å². The van der Waals surface area contributed by atoms with E-state index in [-0.39, 0.29) is 5.82 Å². The molecule has 0 spiro atoms. The molecule has 0 saturated carbocycles. The fourth-order valence-electron chi connectivity index (χ4n) is 1.25. The minimum Gasteiger partial charge on any atom is -0.373 e. The highest BCUT2D eigenvalue weighted by Crippen LogP contribution is 2.18. The Balaban J connectivity index is 2.28. The molecular weight excluding hydrogens is 155 g/mol. The van der Waals surface area contributed by atoms with Gasteiger partial charge in [-0.25, -0.2) is 4.39 Å². The van der Waals surface area contributed by atoms with E-state index in [9.17, 15) is 4.39 Å². The van der Waals surface area contributed by atoms with Gasteiger partial charge in [-0.15, -0.1) is 0 Å². The molecule has 0 unspecified atom stereocenters. The van der Waals surface area contributed by atoms with Crippen LogP contribution in [0.25, 0.3) is 5.57 Å². The summed E-state index contributed by atoms with van der Waals surface area (Å²) in [6.07, 6.45) is 2.02. The number of hydrogen-bond donors (Lipinski definition) is 0. The van der Waals surface area contributed by atoms with Gasteiger partial charge in [0, 0.05) is 0 Å². The van der Waals surface area contributed by atoms with Crippen molar-refractivity contribution < 1.29 is 9.13 Å². The van der Waals surface area contributed by atoms with Gasteiger partial charge in [0.1, 0.15) is 5.82 Å². The first-order valence-electron chi connectivity index (χ1n) is 3.89. The third-order valence-electron chi connectivity index (χ3n) is 1.92. The molecule has 0 N–H and O–H groups in total. The van der Waals surface area contributed by atoms with E-state index in [1.54, 1.807) is 12.1 Å². The summed E-state index contributed by atoms with van der Waals surface area (Å²) < 4.78 is 17.7. The Morgan fingerprint density at radius 3 is 2.50 bits per heavy atom. The Morgan fingerprint density at radius 1 is 1.17 bits per heavy atom. The average molecular weight is 164 g/mol. The Morgan fingerprint density at radius 2 is 1.92 bits per heavy atom. The normalized spacial score (nSPS) is 16.2. The number of halogens is 1. The molecule has 1 aromatic rings. The van der Waals surface area contributed by atoms with E-state index < -0.39 is 0 Å². The Bertz CT molecular complexity index is 300. The van der Waals surface area contributed by atoms with Crippen LogP contribution < -0.4 is 0 Å². The summed E-state index contributed by atoms with van der Waals surface area (Å²) >= 11 is 0. The van der Waals surface area contributed by atoms with Crippen LogP contribution in [0.2, 0.25) is 0 Å². The monoisotopic (exact) mass is 164 g/mol. The Labute approximate surface area is 70.5 Å². The van der Waals surface area contributed by atoms with Gasteiger partial charge in [-0.2, -0.15) is 0 Å². The lowest BCUT2D eigenvalue weighted by atomic mass is 10.1. The first kappa shape index (κ1) is 7.50. The van der Waals surface area contributed by atoms with Gasteiger partial charge in [-0.1, -0.05) is 18.2 Å². The molecule has 12 heavy (non-hydrogen) atoms. The third-order valence-corrected chi connectivity index (χ3v) is 1.92. The minimum absolute atomic E-state index is 0.196. The fourth-order valence-corrected chi connectivity index (χ4v) is 1.25. The van der Waals surface area contributed by atoms with E-state index in [0.29, 0.717) is 13.2 Å². The molecule has 1 heterocycles. The lowest BCUT2D eigenvalue weighted by molar-refractivity contribution is 0.216. The van der Waals surface area contributed by atoms with Crippen molar-refractivity contribution in [2.24, 2.45) is 0 Å². The number of benzene rings is 1. The van der Waals surface area contributed by atoms with Crippen molar-refractivity contribution in [2.75, 3.05) is 13.2 Å². The van der Waals surface area contributed by atoms with E-state index in [1.807, 2.05) is 6.08 Å². The Kier molecular flexibility index (Phi) is 1.92. The second-order valence-corrected chi connectivity index (χ2v) is 2.75. The largest absolute Gasteiger partial charge is 0.373 e. The van der Waals surface area contributed by atoms with Crippen LogP contribution in [0.5, 0.6) is 0 Å². The first-order valence-corrected chi connectivity index (χ1v) is 3.89. The summed E-state index contributed by atoms with van der Waals surface area (Å²) in [6, 6.07) is 6.48. The second-order valence-electron chi connectivity index (χ2n) is 2.75. The van der Waals surface area contributed by atoms with Gasteiger partial charge in [0.2, 0.25) is 0 Å². The molecule has 0 aliphatic carbocycles. The minimum atomic E-state index is -0.196. The van der Waals surface area contributed by atoms with Gasteiger partial charge in [0.15, 0.2) is 0 Å². The quantitative estimate of drug-likeness (QED) is 0.618. The molecule has 0 bridgehead atoms. The SMILES string of the molecule is Fc1ccc(C2=CCOC2)cc1. The van der Waals surface area contributed by atoms with Crippen molar-refractivity contribution in [1.82, 2.24) is 0 Å². The topological polar surface area (TPSA) is 9.23 Å². The molecule has 1 aliphatic heterocycles. The predicted molar refractivity (Wildman–Crippen MR) is 45.2 cm³/mol. The van der Waals surface area contributed by atoms with Crippen LogP contribution in [0.15, 0.2) is 30.3 Å². The van der Waals surface area contributed by atoms with Gasteiger partial charge in [-0.3, -0.25) is 0 Å². The molecule has 0 radical (unpaired) electrons. The zero-order valence-electron chi connectivity index (χ0n) is 6.59. The van der Waals surface area contributed by atoms with E-state index >= 15 is 0 Å². The average Bonchev–Trinajstić information content (AvgIpc) is 2.58. The van der Waals surface area contributed by atoms with Crippen LogP contribution in [0.1, 0.15) is 5.56 Å². The maximum absolute atomic E-state index is 12.5. The van der Waals surface area contributed by atoms with E-state index in [4.69, 9.17) is 4.74 Å². The van der Waals surface area contributed by atoms with Crippen molar-refractivity contribution in [3.8, 4) is 0 Å². The van der Waals surface area contributed by atoms with Crippen LogP contribution in [0.3, 0.4) is 0 Å². The van der Waals surface area contributed by atoms with Crippen LogP contribution in [0.4, 0.5) is 4.39 Å². The Hall–Kier alpha value is -1.15.